The minimum Gasteiger partial charge on any atom is -0.281 e. The van der Waals surface area contributed by atoms with E-state index in [0.29, 0.717) is 17.1 Å². The van der Waals surface area contributed by atoms with E-state index in [1.807, 2.05) is 30.3 Å². The summed E-state index contributed by atoms with van der Waals surface area (Å²) in [6.45, 7) is 1.74. The number of fused-ring (bicyclic) bond motifs is 1. The molecule has 0 aliphatic carbocycles. The van der Waals surface area contributed by atoms with Gasteiger partial charge in [0.2, 0.25) is 5.91 Å². The minimum absolute atomic E-state index is 0.184. The van der Waals surface area contributed by atoms with E-state index in [-0.39, 0.29) is 12.3 Å². The molecule has 2 aromatic heterocycles. The summed E-state index contributed by atoms with van der Waals surface area (Å²) in [6, 6.07) is 11.8. The van der Waals surface area contributed by atoms with Crippen LogP contribution in [0.3, 0.4) is 0 Å². The average Bonchev–Trinajstić information content (AvgIpc) is 2.85. The lowest BCUT2D eigenvalue weighted by Crippen LogP contribution is -2.32. The first kappa shape index (κ1) is 15.5. The van der Waals surface area contributed by atoms with Crippen LogP contribution in [0.25, 0.3) is 10.9 Å². The maximum Gasteiger partial charge on any atom is 0.242 e. The highest BCUT2D eigenvalue weighted by Crippen LogP contribution is 2.16. The molecule has 1 amide bonds. The number of hydrazine groups is 1. The van der Waals surface area contributed by atoms with Gasteiger partial charge in [0.1, 0.15) is 11.6 Å². The maximum atomic E-state index is 12.1. The summed E-state index contributed by atoms with van der Waals surface area (Å²) in [5.74, 6) is 0.231. The predicted octanol–water partition coefficient (Wildman–Crippen LogP) is 1.83. The summed E-state index contributed by atoms with van der Waals surface area (Å²) in [4.78, 5) is 16.5. The van der Waals surface area contributed by atoms with Gasteiger partial charge in [-0.15, -0.1) is 0 Å². The van der Waals surface area contributed by atoms with Crippen LogP contribution in [0.4, 0.5) is 5.82 Å². The molecule has 2 N–H and O–H groups in total. The fourth-order valence-electron chi connectivity index (χ4n) is 2.51. The van der Waals surface area contributed by atoms with Crippen LogP contribution in [0.1, 0.15) is 16.8 Å². The second-order valence-electron chi connectivity index (χ2n) is 5.43. The van der Waals surface area contributed by atoms with E-state index in [0.717, 1.165) is 16.5 Å². The van der Waals surface area contributed by atoms with Gasteiger partial charge in [-0.25, -0.2) is 0 Å². The highest BCUT2D eigenvalue weighted by molar-refractivity contribution is 5.83. The molecule has 0 saturated heterocycles. The SMILES string of the molecule is Cc1nn(C)c(NNC(=O)Cc2cnc3ccccc3c2)c1C#N. The van der Waals surface area contributed by atoms with Crippen molar-refractivity contribution in [2.75, 3.05) is 5.43 Å². The van der Waals surface area contributed by atoms with Crippen LogP contribution in [-0.2, 0) is 18.3 Å². The highest BCUT2D eigenvalue weighted by atomic mass is 16.2. The Morgan fingerprint density at radius 2 is 2.17 bits per heavy atom. The molecule has 0 saturated carbocycles. The van der Waals surface area contributed by atoms with Gasteiger partial charge >= 0.3 is 0 Å². The van der Waals surface area contributed by atoms with E-state index in [4.69, 9.17) is 5.26 Å². The normalized spacial score (nSPS) is 10.4. The summed E-state index contributed by atoms with van der Waals surface area (Å²) in [7, 11) is 1.70. The van der Waals surface area contributed by atoms with E-state index >= 15 is 0 Å². The second kappa shape index (κ2) is 6.38. The van der Waals surface area contributed by atoms with Crippen LogP contribution >= 0.6 is 0 Å². The van der Waals surface area contributed by atoms with Gasteiger partial charge in [-0.1, -0.05) is 18.2 Å². The first-order valence-electron chi connectivity index (χ1n) is 7.40. The molecule has 0 aliphatic heterocycles. The molecule has 0 atom stereocenters. The molecular formula is C17H16N6O. The fraction of sp³-hybridized carbons (Fsp3) is 0.176. The van der Waals surface area contributed by atoms with Crippen molar-refractivity contribution in [1.29, 1.82) is 5.26 Å². The van der Waals surface area contributed by atoms with Crippen LogP contribution < -0.4 is 10.9 Å². The van der Waals surface area contributed by atoms with Crippen LogP contribution in [-0.4, -0.2) is 20.7 Å². The number of carbonyl (C=O) groups excluding carboxylic acids is 1. The monoisotopic (exact) mass is 320 g/mol. The van der Waals surface area contributed by atoms with Crippen molar-refractivity contribution in [3.05, 3.63) is 53.3 Å². The number of nitrogens with one attached hydrogen (secondary N) is 2. The smallest absolute Gasteiger partial charge is 0.242 e. The zero-order valence-electron chi connectivity index (χ0n) is 13.4. The Morgan fingerprint density at radius 3 is 2.96 bits per heavy atom. The lowest BCUT2D eigenvalue weighted by atomic mass is 10.1. The van der Waals surface area contributed by atoms with Gasteiger partial charge < -0.3 is 0 Å². The van der Waals surface area contributed by atoms with Gasteiger partial charge in [0.25, 0.3) is 0 Å². The first-order chi connectivity index (χ1) is 11.6. The number of pyridine rings is 1. The number of carbonyl (C=O) groups is 1. The van der Waals surface area contributed by atoms with Crippen molar-refractivity contribution in [3.63, 3.8) is 0 Å². The molecule has 0 fully saturated rings. The number of para-hydroxylation sites is 1. The molecule has 3 rings (SSSR count). The van der Waals surface area contributed by atoms with E-state index in [2.05, 4.69) is 27.0 Å². The summed E-state index contributed by atoms with van der Waals surface area (Å²) >= 11 is 0. The molecule has 3 aromatic rings. The molecule has 1 aromatic carbocycles. The Hall–Kier alpha value is -3.40. The lowest BCUT2D eigenvalue weighted by Gasteiger charge is -2.09. The number of benzene rings is 1. The first-order valence-corrected chi connectivity index (χ1v) is 7.40. The van der Waals surface area contributed by atoms with Gasteiger partial charge in [0.15, 0.2) is 5.82 Å². The number of hydrogen-bond donors (Lipinski definition) is 2. The highest BCUT2D eigenvalue weighted by Gasteiger charge is 2.13. The van der Waals surface area contributed by atoms with Crippen molar-refractivity contribution in [2.24, 2.45) is 7.05 Å². The van der Waals surface area contributed by atoms with Crippen molar-refractivity contribution < 1.29 is 4.79 Å². The van der Waals surface area contributed by atoms with Gasteiger partial charge in [-0.3, -0.25) is 25.3 Å². The molecule has 0 radical (unpaired) electrons. The number of aromatic nitrogens is 3. The van der Waals surface area contributed by atoms with Gasteiger partial charge in [0.05, 0.1) is 17.6 Å². The maximum absolute atomic E-state index is 12.1. The zero-order chi connectivity index (χ0) is 17.1. The quantitative estimate of drug-likeness (QED) is 0.715. The Morgan fingerprint density at radius 1 is 1.38 bits per heavy atom. The second-order valence-corrected chi connectivity index (χ2v) is 5.43. The van der Waals surface area contributed by atoms with Crippen molar-refractivity contribution in [2.45, 2.75) is 13.3 Å². The summed E-state index contributed by atoms with van der Waals surface area (Å²) < 4.78 is 1.52. The molecular weight excluding hydrogens is 304 g/mol. The van der Waals surface area contributed by atoms with Crippen LogP contribution in [0, 0.1) is 18.3 Å². The van der Waals surface area contributed by atoms with Gasteiger partial charge in [-0.2, -0.15) is 10.4 Å². The molecule has 24 heavy (non-hydrogen) atoms. The zero-order valence-corrected chi connectivity index (χ0v) is 13.4. The third-order valence-electron chi connectivity index (χ3n) is 3.67. The minimum atomic E-state index is -0.227. The molecule has 120 valence electrons. The average molecular weight is 320 g/mol. The van der Waals surface area contributed by atoms with Crippen molar-refractivity contribution in [1.82, 2.24) is 20.2 Å². The molecule has 7 nitrogen and oxygen atoms in total. The van der Waals surface area contributed by atoms with Crippen LogP contribution in [0.2, 0.25) is 0 Å². The lowest BCUT2D eigenvalue weighted by molar-refractivity contribution is -0.119. The molecule has 7 heteroatoms. The van der Waals surface area contributed by atoms with Crippen LogP contribution in [0.5, 0.6) is 0 Å². The number of aryl methyl sites for hydroxylation is 2. The number of nitrogens with zero attached hydrogens (tertiary/aromatic N) is 4. The summed E-state index contributed by atoms with van der Waals surface area (Å²) in [5.41, 5.74) is 8.09. The molecule has 2 heterocycles. The third-order valence-corrected chi connectivity index (χ3v) is 3.67. The molecule has 0 spiro atoms. The van der Waals surface area contributed by atoms with Gasteiger partial charge in [0, 0.05) is 18.6 Å². The topological polar surface area (TPSA) is 95.6 Å². The number of nitriles is 1. The number of hydrogen-bond acceptors (Lipinski definition) is 5. The Kier molecular flexibility index (Phi) is 4.12. The molecule has 0 unspecified atom stereocenters. The Bertz CT molecular complexity index is 953. The van der Waals surface area contributed by atoms with E-state index < -0.39 is 0 Å². The molecule has 0 aliphatic rings. The van der Waals surface area contributed by atoms with Crippen LogP contribution in [0.15, 0.2) is 36.5 Å². The Labute approximate surface area is 138 Å². The summed E-state index contributed by atoms with van der Waals surface area (Å²) in [6.07, 6.45) is 1.88. The third kappa shape index (κ3) is 3.03. The van der Waals surface area contributed by atoms with Crippen molar-refractivity contribution in [3.8, 4) is 6.07 Å². The van der Waals surface area contributed by atoms with Crippen molar-refractivity contribution >= 4 is 22.6 Å². The predicted molar refractivity (Wildman–Crippen MR) is 89.9 cm³/mol. The van der Waals surface area contributed by atoms with E-state index in [9.17, 15) is 4.79 Å². The fourth-order valence-corrected chi connectivity index (χ4v) is 2.51. The van der Waals surface area contributed by atoms with E-state index in [1.165, 1.54) is 4.68 Å². The largest absolute Gasteiger partial charge is 0.281 e. The Balaban J connectivity index is 1.68. The van der Waals surface area contributed by atoms with Gasteiger partial charge in [-0.05, 0) is 24.6 Å². The summed E-state index contributed by atoms with van der Waals surface area (Å²) in [5, 5.41) is 14.3. The number of anilines is 1. The molecule has 0 bridgehead atoms. The standard InChI is InChI=1S/C17H16N6O/c1-11-14(9-18)17(23(2)22-11)21-20-16(24)8-12-7-13-5-3-4-6-15(13)19-10-12/h3-7,10,21H,8H2,1-2H3,(H,20,24). The van der Waals surface area contributed by atoms with E-state index in [1.54, 1.807) is 20.2 Å². The number of amides is 1. The number of rotatable bonds is 4.